The summed E-state index contributed by atoms with van der Waals surface area (Å²) in [4.78, 5) is 0. The van der Waals surface area contributed by atoms with Gasteiger partial charge in [0.15, 0.2) is 11.5 Å². The van der Waals surface area contributed by atoms with Crippen molar-refractivity contribution < 1.29 is 20.4 Å². The first-order valence-electron chi connectivity index (χ1n) is 3.21. The van der Waals surface area contributed by atoms with Crippen molar-refractivity contribution in [2.45, 2.75) is 5.85 Å². The maximum atomic E-state index is 9.17. The SMILES string of the molecule is Cl.Oc1ccc(C(O)P)c(O)c1O. The van der Waals surface area contributed by atoms with E-state index in [4.69, 9.17) is 20.4 Å². The van der Waals surface area contributed by atoms with Gasteiger partial charge in [-0.25, -0.2) is 0 Å². The highest BCUT2D eigenvalue weighted by Gasteiger charge is 2.13. The fraction of sp³-hybridized carbons (Fsp3) is 0.143. The van der Waals surface area contributed by atoms with Crippen molar-refractivity contribution in [1.29, 1.82) is 0 Å². The Labute approximate surface area is 83.5 Å². The van der Waals surface area contributed by atoms with Gasteiger partial charge in [-0.15, -0.1) is 21.6 Å². The van der Waals surface area contributed by atoms with E-state index in [9.17, 15) is 0 Å². The van der Waals surface area contributed by atoms with Crippen LogP contribution in [0.2, 0.25) is 0 Å². The second-order valence-electron chi connectivity index (χ2n) is 2.32. The van der Waals surface area contributed by atoms with Crippen LogP contribution in [0.25, 0.3) is 0 Å². The van der Waals surface area contributed by atoms with Crippen LogP contribution in [0.15, 0.2) is 12.1 Å². The Morgan fingerprint density at radius 3 is 2.08 bits per heavy atom. The average Bonchev–Trinajstić information content (AvgIpc) is 2.00. The maximum Gasteiger partial charge on any atom is 0.200 e. The van der Waals surface area contributed by atoms with E-state index in [0.29, 0.717) is 0 Å². The first-order valence-corrected chi connectivity index (χ1v) is 3.88. The van der Waals surface area contributed by atoms with Crippen LogP contribution in [0.4, 0.5) is 0 Å². The van der Waals surface area contributed by atoms with Crippen LogP contribution in [0.5, 0.6) is 17.2 Å². The van der Waals surface area contributed by atoms with Crippen LogP contribution in [-0.4, -0.2) is 20.4 Å². The molecule has 0 aliphatic heterocycles. The topological polar surface area (TPSA) is 80.9 Å². The zero-order valence-corrected chi connectivity index (χ0v) is 8.48. The Morgan fingerprint density at radius 2 is 1.62 bits per heavy atom. The Bertz CT molecular complexity index is 303. The lowest BCUT2D eigenvalue weighted by molar-refractivity contribution is 0.260. The Morgan fingerprint density at radius 1 is 1.08 bits per heavy atom. The number of aliphatic hydroxyl groups is 1. The van der Waals surface area contributed by atoms with Gasteiger partial charge >= 0.3 is 0 Å². The molecule has 1 aromatic rings. The van der Waals surface area contributed by atoms with Gasteiger partial charge in [-0.1, -0.05) is 0 Å². The van der Waals surface area contributed by atoms with Crippen molar-refractivity contribution in [3.8, 4) is 17.2 Å². The lowest BCUT2D eigenvalue weighted by Gasteiger charge is -2.08. The summed E-state index contributed by atoms with van der Waals surface area (Å²) in [5.41, 5.74) is 0.148. The molecule has 0 amide bonds. The molecular formula is C7H10ClO4P. The van der Waals surface area contributed by atoms with Crippen LogP contribution in [0.3, 0.4) is 0 Å². The van der Waals surface area contributed by atoms with Crippen LogP contribution < -0.4 is 0 Å². The summed E-state index contributed by atoms with van der Waals surface area (Å²) in [5, 5.41) is 36.1. The molecule has 0 saturated carbocycles. The number of aromatic hydroxyl groups is 3. The van der Waals surface area contributed by atoms with E-state index in [0.717, 1.165) is 0 Å². The van der Waals surface area contributed by atoms with Gasteiger partial charge < -0.3 is 20.4 Å². The lowest BCUT2D eigenvalue weighted by atomic mass is 10.2. The fourth-order valence-electron chi connectivity index (χ4n) is 0.823. The molecule has 0 aliphatic carbocycles. The molecule has 4 N–H and O–H groups in total. The quantitative estimate of drug-likeness (QED) is 0.425. The van der Waals surface area contributed by atoms with E-state index < -0.39 is 23.1 Å². The van der Waals surface area contributed by atoms with Gasteiger partial charge in [0.05, 0.1) is 5.85 Å². The number of phenolic OH excluding ortho intramolecular Hbond substituents is 3. The third-order valence-corrected chi connectivity index (χ3v) is 1.84. The van der Waals surface area contributed by atoms with Crippen LogP contribution in [0, 0.1) is 0 Å². The van der Waals surface area contributed by atoms with Crippen molar-refractivity contribution in [1.82, 2.24) is 0 Å². The highest BCUT2D eigenvalue weighted by atomic mass is 35.5. The largest absolute Gasteiger partial charge is 0.504 e. The number of rotatable bonds is 1. The van der Waals surface area contributed by atoms with E-state index in [1.54, 1.807) is 0 Å². The zero-order valence-electron chi connectivity index (χ0n) is 6.51. The van der Waals surface area contributed by atoms with E-state index in [-0.39, 0.29) is 18.0 Å². The second-order valence-corrected chi connectivity index (χ2v) is 2.95. The Hall–Kier alpha value is -0.700. The molecule has 13 heavy (non-hydrogen) atoms. The standard InChI is InChI=1S/C7H9O4P.ClH/c8-4-2-1-3(7(11)12)5(9)6(4)10;/h1-2,7-11H,12H2;1H. The molecule has 0 bridgehead atoms. The third-order valence-electron chi connectivity index (χ3n) is 1.48. The monoisotopic (exact) mass is 224 g/mol. The molecule has 1 aromatic carbocycles. The molecule has 0 fully saturated rings. The molecule has 2 unspecified atom stereocenters. The zero-order chi connectivity index (χ0) is 9.30. The fourth-order valence-corrected chi connectivity index (χ4v) is 1.09. The summed E-state index contributed by atoms with van der Waals surface area (Å²) >= 11 is 0. The number of benzene rings is 1. The number of aliphatic hydroxyl groups excluding tert-OH is 1. The minimum atomic E-state index is -0.962. The molecule has 0 saturated heterocycles. The molecule has 0 heterocycles. The summed E-state index contributed by atoms with van der Waals surface area (Å²) in [6, 6.07) is 2.51. The van der Waals surface area contributed by atoms with Gasteiger partial charge in [0.25, 0.3) is 0 Å². The molecule has 0 aromatic heterocycles. The maximum absolute atomic E-state index is 9.17. The molecule has 6 heteroatoms. The second kappa shape index (κ2) is 4.51. The lowest BCUT2D eigenvalue weighted by Crippen LogP contribution is -1.87. The summed E-state index contributed by atoms with van der Waals surface area (Å²) in [6.07, 6.45) is 0. The van der Waals surface area contributed by atoms with Gasteiger partial charge in [-0.2, -0.15) is 0 Å². The van der Waals surface area contributed by atoms with E-state index in [1.165, 1.54) is 12.1 Å². The van der Waals surface area contributed by atoms with Crippen molar-refractivity contribution >= 4 is 21.6 Å². The molecule has 0 radical (unpaired) electrons. The summed E-state index contributed by atoms with van der Waals surface area (Å²) < 4.78 is 0. The minimum absolute atomic E-state index is 0. The summed E-state index contributed by atoms with van der Waals surface area (Å²) in [7, 11) is 2.05. The number of hydrogen-bond donors (Lipinski definition) is 4. The Kier molecular flexibility index (Phi) is 4.27. The van der Waals surface area contributed by atoms with Crippen molar-refractivity contribution in [3.05, 3.63) is 17.7 Å². The smallest absolute Gasteiger partial charge is 0.200 e. The predicted octanol–water partition coefficient (Wildman–Crippen LogP) is 1.09. The Balaban J connectivity index is 0.00000144. The number of halogens is 1. The van der Waals surface area contributed by atoms with Crippen molar-refractivity contribution in [2.75, 3.05) is 0 Å². The third kappa shape index (κ3) is 2.37. The molecule has 2 atom stereocenters. The molecule has 1 rings (SSSR count). The molecule has 74 valence electrons. The molecular weight excluding hydrogens is 214 g/mol. The van der Waals surface area contributed by atoms with E-state index >= 15 is 0 Å². The number of hydrogen-bond acceptors (Lipinski definition) is 4. The minimum Gasteiger partial charge on any atom is -0.504 e. The van der Waals surface area contributed by atoms with Gasteiger partial charge in [0.2, 0.25) is 5.75 Å². The van der Waals surface area contributed by atoms with Gasteiger partial charge in [-0.3, -0.25) is 0 Å². The molecule has 4 nitrogen and oxygen atoms in total. The van der Waals surface area contributed by atoms with E-state index in [1.807, 2.05) is 9.24 Å². The summed E-state index contributed by atoms with van der Waals surface area (Å²) in [5.74, 6) is -2.50. The van der Waals surface area contributed by atoms with Gasteiger partial charge in [0.1, 0.15) is 0 Å². The van der Waals surface area contributed by atoms with E-state index in [2.05, 4.69) is 0 Å². The van der Waals surface area contributed by atoms with Crippen LogP contribution in [0.1, 0.15) is 11.4 Å². The molecule has 0 aliphatic rings. The number of phenols is 3. The van der Waals surface area contributed by atoms with Gasteiger partial charge in [-0.05, 0) is 12.1 Å². The molecule has 0 spiro atoms. The first kappa shape index (κ1) is 12.3. The first-order chi connectivity index (χ1) is 5.54. The highest BCUT2D eigenvalue weighted by molar-refractivity contribution is 7.16. The normalized spacial score (nSPS) is 11.8. The van der Waals surface area contributed by atoms with Crippen molar-refractivity contribution in [2.24, 2.45) is 0 Å². The van der Waals surface area contributed by atoms with Crippen molar-refractivity contribution in [3.63, 3.8) is 0 Å². The van der Waals surface area contributed by atoms with Crippen LogP contribution in [-0.2, 0) is 0 Å². The predicted molar refractivity (Wildman–Crippen MR) is 53.4 cm³/mol. The highest BCUT2D eigenvalue weighted by Crippen LogP contribution is 2.40. The summed E-state index contributed by atoms with van der Waals surface area (Å²) in [6.45, 7) is 0. The average molecular weight is 225 g/mol. The van der Waals surface area contributed by atoms with Gasteiger partial charge in [0, 0.05) is 5.56 Å². The van der Waals surface area contributed by atoms with Crippen LogP contribution >= 0.6 is 21.6 Å².